The van der Waals surface area contributed by atoms with Crippen LogP contribution in [0.1, 0.15) is 62.6 Å². The minimum absolute atomic E-state index is 0.00523. The second-order valence-corrected chi connectivity index (χ2v) is 11.0. The van der Waals surface area contributed by atoms with Crippen LogP contribution < -0.4 is 4.74 Å². The minimum Gasteiger partial charge on any atom is -0.489 e. The van der Waals surface area contributed by atoms with Gasteiger partial charge >= 0.3 is 5.97 Å². The average Bonchev–Trinajstić information content (AvgIpc) is 3.23. The van der Waals surface area contributed by atoms with E-state index in [4.69, 9.17) is 16.3 Å². The molecule has 0 radical (unpaired) electrons. The number of amides is 1. The number of ether oxygens (including phenoxy) is 1. The van der Waals surface area contributed by atoms with Gasteiger partial charge in [0.1, 0.15) is 12.4 Å². The van der Waals surface area contributed by atoms with Crippen molar-refractivity contribution in [3.63, 3.8) is 0 Å². The molecule has 1 aliphatic heterocycles. The molecule has 1 saturated heterocycles. The van der Waals surface area contributed by atoms with Gasteiger partial charge in [0, 0.05) is 31.2 Å². The van der Waals surface area contributed by atoms with Crippen LogP contribution in [0, 0.1) is 23.5 Å². The Labute approximate surface area is 233 Å². The van der Waals surface area contributed by atoms with E-state index in [9.17, 15) is 23.5 Å². The SMILES string of the molecule is C=C1CCC(=O)N1CCOc1ccc(CN(C[C@H]2CC[C@H](C(=O)O)CC2)C(C)c2ccc(Cl)c(F)c2)cc1F. The number of allylic oxidation sites excluding steroid dienone is 1. The maximum absolute atomic E-state index is 15.0. The number of likely N-dealkylation sites (tertiary alicyclic amines) is 1. The van der Waals surface area contributed by atoms with Crippen molar-refractivity contribution in [2.75, 3.05) is 19.7 Å². The average molecular weight is 561 g/mol. The summed E-state index contributed by atoms with van der Waals surface area (Å²) in [6, 6.07) is 9.42. The van der Waals surface area contributed by atoms with E-state index < -0.39 is 17.6 Å². The highest BCUT2D eigenvalue weighted by Crippen LogP contribution is 2.33. The van der Waals surface area contributed by atoms with Gasteiger partial charge in [-0.1, -0.05) is 30.3 Å². The number of hydrogen-bond donors (Lipinski definition) is 1. The normalized spacial score (nSPS) is 20.5. The Balaban J connectivity index is 1.44. The standard InChI is InChI=1S/C30H35ClF2N2O4/c1-19-3-12-29(36)35(19)13-14-39-28-11-6-22(15-27(28)33)18-34(17-21-4-7-23(8-5-21)30(37)38)20(2)24-9-10-25(31)26(32)16-24/h6,9-11,15-16,20-21,23H,1,3-5,7-8,12-14,17-18H2,2H3,(H,37,38)/t20?,21-,23-. The molecule has 1 heterocycles. The Morgan fingerprint density at radius 2 is 1.90 bits per heavy atom. The van der Waals surface area contributed by atoms with Crippen LogP contribution in [0.5, 0.6) is 5.75 Å². The van der Waals surface area contributed by atoms with Crippen molar-refractivity contribution < 1.29 is 28.2 Å². The molecule has 4 rings (SSSR count). The largest absolute Gasteiger partial charge is 0.489 e. The molecule has 6 nitrogen and oxygen atoms in total. The predicted octanol–water partition coefficient (Wildman–Crippen LogP) is 6.59. The van der Waals surface area contributed by atoms with Gasteiger partial charge in [-0.15, -0.1) is 0 Å². The van der Waals surface area contributed by atoms with Crippen molar-refractivity contribution in [2.45, 2.75) is 58.0 Å². The summed E-state index contributed by atoms with van der Waals surface area (Å²) >= 11 is 5.90. The third-order valence-electron chi connectivity index (χ3n) is 7.93. The topological polar surface area (TPSA) is 70.1 Å². The molecule has 9 heteroatoms. The smallest absolute Gasteiger partial charge is 0.306 e. The number of carbonyl (C=O) groups is 2. The molecular weight excluding hydrogens is 526 g/mol. The minimum atomic E-state index is -0.745. The lowest BCUT2D eigenvalue weighted by molar-refractivity contribution is -0.143. The zero-order valence-corrected chi connectivity index (χ0v) is 22.9. The maximum Gasteiger partial charge on any atom is 0.306 e. The summed E-state index contributed by atoms with van der Waals surface area (Å²) in [5.74, 6) is -1.63. The van der Waals surface area contributed by atoms with E-state index in [0.29, 0.717) is 45.3 Å². The third-order valence-corrected chi connectivity index (χ3v) is 8.23. The van der Waals surface area contributed by atoms with Gasteiger partial charge in [-0.2, -0.15) is 0 Å². The number of halogens is 3. The highest BCUT2D eigenvalue weighted by Gasteiger charge is 2.29. The Kier molecular flexibility index (Phi) is 9.62. The highest BCUT2D eigenvalue weighted by molar-refractivity contribution is 6.30. The van der Waals surface area contributed by atoms with Crippen LogP contribution in [-0.2, 0) is 16.1 Å². The van der Waals surface area contributed by atoms with Crippen LogP contribution >= 0.6 is 11.6 Å². The van der Waals surface area contributed by atoms with Crippen molar-refractivity contribution in [3.05, 3.63) is 76.5 Å². The molecule has 1 unspecified atom stereocenters. The summed E-state index contributed by atoms with van der Waals surface area (Å²) in [6.07, 6.45) is 3.94. The Morgan fingerprint density at radius 3 is 2.51 bits per heavy atom. The van der Waals surface area contributed by atoms with E-state index in [2.05, 4.69) is 11.5 Å². The van der Waals surface area contributed by atoms with Gasteiger partial charge in [-0.05, 0) is 80.3 Å². The van der Waals surface area contributed by atoms with E-state index >= 15 is 0 Å². The first-order chi connectivity index (χ1) is 18.6. The molecule has 1 atom stereocenters. The zero-order chi connectivity index (χ0) is 28.1. The molecule has 0 aromatic heterocycles. The zero-order valence-electron chi connectivity index (χ0n) is 22.2. The Hall–Kier alpha value is -2.97. The van der Waals surface area contributed by atoms with E-state index in [-0.39, 0.29) is 41.2 Å². The number of rotatable bonds is 11. The quantitative estimate of drug-likeness (QED) is 0.336. The number of hydrogen-bond acceptors (Lipinski definition) is 4. The lowest BCUT2D eigenvalue weighted by Crippen LogP contribution is -2.34. The summed E-state index contributed by atoms with van der Waals surface area (Å²) in [6.45, 7) is 7.44. The maximum atomic E-state index is 15.0. The van der Waals surface area contributed by atoms with Crippen LogP contribution in [0.25, 0.3) is 0 Å². The fourth-order valence-corrected chi connectivity index (χ4v) is 5.61. The fraction of sp³-hybridized carbons (Fsp3) is 0.467. The molecule has 1 saturated carbocycles. The Bertz CT molecular complexity index is 1200. The second-order valence-electron chi connectivity index (χ2n) is 10.6. The summed E-state index contributed by atoms with van der Waals surface area (Å²) in [5, 5.41) is 9.40. The summed E-state index contributed by atoms with van der Waals surface area (Å²) in [5.41, 5.74) is 2.25. The monoisotopic (exact) mass is 560 g/mol. The molecule has 2 aromatic rings. The van der Waals surface area contributed by atoms with E-state index in [1.165, 1.54) is 18.2 Å². The lowest BCUT2D eigenvalue weighted by atomic mass is 9.81. The first kappa shape index (κ1) is 29.0. The Morgan fingerprint density at radius 1 is 1.15 bits per heavy atom. The van der Waals surface area contributed by atoms with Gasteiger partial charge in [0.2, 0.25) is 5.91 Å². The molecule has 2 aliphatic rings. The number of carbonyl (C=O) groups excluding carboxylic acids is 1. The van der Waals surface area contributed by atoms with Gasteiger partial charge in [-0.25, -0.2) is 8.78 Å². The van der Waals surface area contributed by atoms with Gasteiger partial charge in [0.05, 0.1) is 17.5 Å². The van der Waals surface area contributed by atoms with Crippen LogP contribution in [0.15, 0.2) is 48.7 Å². The molecule has 39 heavy (non-hydrogen) atoms. The van der Waals surface area contributed by atoms with Crippen molar-refractivity contribution >= 4 is 23.5 Å². The second kappa shape index (κ2) is 12.9. The van der Waals surface area contributed by atoms with E-state index in [0.717, 1.165) is 29.7 Å². The van der Waals surface area contributed by atoms with Crippen LogP contribution in [-0.4, -0.2) is 46.5 Å². The number of carboxylic acids is 1. The van der Waals surface area contributed by atoms with Gasteiger partial charge < -0.3 is 14.7 Å². The van der Waals surface area contributed by atoms with Crippen LogP contribution in [0.4, 0.5) is 8.78 Å². The molecule has 210 valence electrons. The van der Waals surface area contributed by atoms with Crippen molar-refractivity contribution in [2.24, 2.45) is 11.8 Å². The van der Waals surface area contributed by atoms with Gasteiger partial charge in [0.15, 0.2) is 11.6 Å². The summed E-state index contributed by atoms with van der Waals surface area (Å²) in [4.78, 5) is 27.0. The third kappa shape index (κ3) is 7.37. The molecule has 1 aliphatic carbocycles. The van der Waals surface area contributed by atoms with Crippen LogP contribution in [0.3, 0.4) is 0 Å². The number of nitrogens with zero attached hydrogens (tertiary/aromatic N) is 2. The fourth-order valence-electron chi connectivity index (χ4n) is 5.49. The predicted molar refractivity (Wildman–Crippen MR) is 145 cm³/mol. The van der Waals surface area contributed by atoms with Gasteiger partial charge in [0.25, 0.3) is 0 Å². The first-order valence-corrected chi connectivity index (χ1v) is 13.8. The molecular formula is C30H35ClF2N2O4. The summed E-state index contributed by atoms with van der Waals surface area (Å²) in [7, 11) is 0. The molecule has 0 spiro atoms. The van der Waals surface area contributed by atoms with E-state index in [1.807, 2.05) is 13.0 Å². The molecule has 0 bridgehead atoms. The number of benzene rings is 2. The lowest BCUT2D eigenvalue weighted by Gasteiger charge is -2.35. The molecule has 2 aromatic carbocycles. The summed E-state index contributed by atoms with van der Waals surface area (Å²) < 4.78 is 34.9. The van der Waals surface area contributed by atoms with Crippen molar-refractivity contribution in [1.82, 2.24) is 9.80 Å². The number of carboxylic acid groups (broad SMARTS) is 1. The molecule has 1 N–H and O–H groups in total. The highest BCUT2D eigenvalue weighted by atomic mass is 35.5. The number of aliphatic carboxylic acids is 1. The van der Waals surface area contributed by atoms with Gasteiger partial charge in [-0.3, -0.25) is 14.5 Å². The molecule has 2 fully saturated rings. The van der Waals surface area contributed by atoms with Crippen molar-refractivity contribution in [3.8, 4) is 5.75 Å². The van der Waals surface area contributed by atoms with E-state index in [1.54, 1.807) is 17.0 Å². The molecule has 1 amide bonds. The first-order valence-electron chi connectivity index (χ1n) is 13.4. The van der Waals surface area contributed by atoms with Crippen LogP contribution in [0.2, 0.25) is 5.02 Å². The van der Waals surface area contributed by atoms with Crippen molar-refractivity contribution in [1.29, 1.82) is 0 Å².